The molecule has 0 radical (unpaired) electrons. The molecule has 1 heterocycles. The topological polar surface area (TPSA) is 9.23 Å². The van der Waals surface area contributed by atoms with E-state index in [9.17, 15) is 0 Å². The van der Waals surface area contributed by atoms with E-state index in [0.717, 1.165) is 29.2 Å². The first-order valence-corrected chi connectivity index (χ1v) is 7.75. The van der Waals surface area contributed by atoms with Crippen LogP contribution in [0.5, 0.6) is 5.75 Å². The number of unbranched alkanes of at least 4 members (excludes halogenated alkanes) is 2. The van der Waals surface area contributed by atoms with Crippen LogP contribution in [0.4, 0.5) is 0 Å². The maximum absolute atomic E-state index is 6.47. The molecule has 0 atom stereocenters. The molecular formula is C17H23ClO. The smallest absolute Gasteiger partial charge is 0.129 e. The molecule has 2 heteroatoms. The van der Waals surface area contributed by atoms with E-state index in [2.05, 4.69) is 19.9 Å². The highest BCUT2D eigenvalue weighted by Crippen LogP contribution is 2.42. The molecule has 1 nitrogen and oxygen atoms in total. The summed E-state index contributed by atoms with van der Waals surface area (Å²) in [5.41, 5.74) is 0.824. The maximum atomic E-state index is 6.47. The summed E-state index contributed by atoms with van der Waals surface area (Å²) < 4.78 is 6.33. The fourth-order valence-electron chi connectivity index (χ4n) is 2.63. The van der Waals surface area contributed by atoms with Crippen LogP contribution in [0.15, 0.2) is 30.3 Å². The third-order valence-corrected chi connectivity index (χ3v) is 4.07. The van der Waals surface area contributed by atoms with Gasteiger partial charge in [-0.05, 0) is 43.9 Å². The summed E-state index contributed by atoms with van der Waals surface area (Å²) in [5.74, 6) is 0.933. The van der Waals surface area contributed by atoms with E-state index >= 15 is 0 Å². The van der Waals surface area contributed by atoms with Crippen LogP contribution in [-0.2, 0) is 0 Å². The Morgan fingerprint density at radius 1 is 1.05 bits per heavy atom. The molecule has 0 saturated carbocycles. The molecule has 1 aromatic rings. The summed E-state index contributed by atoms with van der Waals surface area (Å²) in [6, 6.07) is 8.07. The van der Waals surface area contributed by atoms with Gasteiger partial charge in [0, 0.05) is 5.56 Å². The van der Waals surface area contributed by atoms with E-state index in [-0.39, 0.29) is 5.60 Å². The number of para-hydroxylation sites is 1. The van der Waals surface area contributed by atoms with Crippen molar-refractivity contribution in [2.45, 2.75) is 58.0 Å². The lowest BCUT2D eigenvalue weighted by Crippen LogP contribution is -2.36. The van der Waals surface area contributed by atoms with Gasteiger partial charge in [-0.1, -0.05) is 50.4 Å². The minimum absolute atomic E-state index is 0.197. The summed E-state index contributed by atoms with van der Waals surface area (Å²) in [6.45, 7) is 4.44. The third-order valence-electron chi connectivity index (χ3n) is 3.75. The standard InChI is InChI=1S/C17H23ClO/c1-3-5-11-17(12-6-4-2)13-15(18)14-9-7-8-10-16(14)19-17/h7-10,13H,3-6,11-12H2,1-2H3. The monoisotopic (exact) mass is 278 g/mol. The number of fused-ring (bicyclic) bond motifs is 1. The lowest BCUT2D eigenvalue weighted by Gasteiger charge is -2.36. The minimum Gasteiger partial charge on any atom is -0.482 e. The molecule has 0 aliphatic carbocycles. The predicted molar refractivity (Wildman–Crippen MR) is 82.7 cm³/mol. The van der Waals surface area contributed by atoms with Gasteiger partial charge in [-0.15, -0.1) is 0 Å². The van der Waals surface area contributed by atoms with Crippen LogP contribution in [0.25, 0.3) is 5.03 Å². The largest absolute Gasteiger partial charge is 0.482 e. The molecule has 104 valence electrons. The van der Waals surface area contributed by atoms with Gasteiger partial charge in [0.2, 0.25) is 0 Å². The predicted octanol–water partition coefficient (Wildman–Crippen LogP) is 5.78. The van der Waals surface area contributed by atoms with Crippen molar-refractivity contribution >= 4 is 16.6 Å². The zero-order chi connectivity index (χ0) is 13.7. The summed E-state index contributed by atoms with van der Waals surface area (Å²) >= 11 is 6.47. The summed E-state index contributed by atoms with van der Waals surface area (Å²) in [4.78, 5) is 0. The average Bonchev–Trinajstić information content (AvgIpc) is 2.43. The number of halogens is 1. The van der Waals surface area contributed by atoms with Gasteiger partial charge in [0.25, 0.3) is 0 Å². The normalized spacial score (nSPS) is 16.5. The fourth-order valence-corrected chi connectivity index (χ4v) is 2.99. The van der Waals surface area contributed by atoms with E-state index in [1.165, 1.54) is 25.7 Å². The van der Waals surface area contributed by atoms with Crippen molar-refractivity contribution in [2.75, 3.05) is 0 Å². The van der Waals surface area contributed by atoms with Gasteiger partial charge in [-0.2, -0.15) is 0 Å². The van der Waals surface area contributed by atoms with Gasteiger partial charge in [-0.25, -0.2) is 0 Å². The maximum Gasteiger partial charge on any atom is 0.129 e. The van der Waals surface area contributed by atoms with E-state index in [1.807, 2.05) is 24.3 Å². The van der Waals surface area contributed by atoms with Gasteiger partial charge >= 0.3 is 0 Å². The van der Waals surface area contributed by atoms with Crippen molar-refractivity contribution < 1.29 is 4.74 Å². The summed E-state index contributed by atoms with van der Waals surface area (Å²) in [6.07, 6.45) is 8.96. The quantitative estimate of drug-likeness (QED) is 0.641. The average molecular weight is 279 g/mol. The molecule has 0 aromatic heterocycles. The molecule has 0 bridgehead atoms. The minimum atomic E-state index is -0.197. The highest BCUT2D eigenvalue weighted by Gasteiger charge is 2.33. The second-order valence-electron chi connectivity index (χ2n) is 5.36. The lowest BCUT2D eigenvalue weighted by molar-refractivity contribution is 0.0919. The van der Waals surface area contributed by atoms with E-state index in [0.29, 0.717) is 0 Å². The van der Waals surface area contributed by atoms with Crippen LogP contribution < -0.4 is 4.74 Å². The number of ether oxygens (including phenoxy) is 1. The van der Waals surface area contributed by atoms with Gasteiger partial charge in [0.1, 0.15) is 11.4 Å². The summed E-state index contributed by atoms with van der Waals surface area (Å²) in [7, 11) is 0. The van der Waals surface area contributed by atoms with E-state index in [4.69, 9.17) is 16.3 Å². The van der Waals surface area contributed by atoms with Crippen LogP contribution >= 0.6 is 11.6 Å². The van der Waals surface area contributed by atoms with E-state index < -0.39 is 0 Å². The first kappa shape index (κ1) is 14.5. The molecule has 1 aliphatic heterocycles. The Kier molecular flexibility index (Phi) is 4.93. The van der Waals surface area contributed by atoms with Gasteiger partial charge in [0.15, 0.2) is 0 Å². The van der Waals surface area contributed by atoms with Crippen LogP contribution in [0.2, 0.25) is 0 Å². The van der Waals surface area contributed by atoms with Crippen LogP contribution in [0.1, 0.15) is 57.9 Å². The Morgan fingerprint density at radius 2 is 1.68 bits per heavy atom. The third kappa shape index (κ3) is 3.33. The van der Waals surface area contributed by atoms with Gasteiger partial charge < -0.3 is 4.74 Å². The van der Waals surface area contributed by atoms with Crippen molar-refractivity contribution in [1.29, 1.82) is 0 Å². The van der Waals surface area contributed by atoms with Crippen molar-refractivity contribution in [3.63, 3.8) is 0 Å². The zero-order valence-corrected chi connectivity index (χ0v) is 12.7. The van der Waals surface area contributed by atoms with Gasteiger partial charge in [-0.3, -0.25) is 0 Å². The fraction of sp³-hybridized carbons (Fsp3) is 0.529. The molecule has 0 unspecified atom stereocenters. The van der Waals surface area contributed by atoms with Crippen LogP contribution in [-0.4, -0.2) is 5.60 Å². The number of rotatable bonds is 6. The van der Waals surface area contributed by atoms with Crippen molar-refractivity contribution in [2.24, 2.45) is 0 Å². The Morgan fingerprint density at radius 3 is 2.32 bits per heavy atom. The summed E-state index contributed by atoms with van der Waals surface area (Å²) in [5, 5.41) is 0.842. The Hall–Kier alpha value is -0.950. The highest BCUT2D eigenvalue weighted by atomic mass is 35.5. The van der Waals surface area contributed by atoms with Crippen molar-refractivity contribution in [1.82, 2.24) is 0 Å². The zero-order valence-electron chi connectivity index (χ0n) is 11.9. The molecule has 0 amide bonds. The first-order valence-electron chi connectivity index (χ1n) is 7.37. The molecule has 0 fully saturated rings. The Labute approximate surface area is 121 Å². The molecule has 0 N–H and O–H groups in total. The van der Waals surface area contributed by atoms with Crippen LogP contribution in [0.3, 0.4) is 0 Å². The number of benzene rings is 1. The SMILES string of the molecule is CCCCC1(CCCC)C=C(Cl)c2ccccc2O1. The Bertz CT molecular complexity index is 442. The highest BCUT2D eigenvalue weighted by molar-refractivity contribution is 6.49. The number of hydrogen-bond acceptors (Lipinski definition) is 1. The molecular weight excluding hydrogens is 256 g/mol. The van der Waals surface area contributed by atoms with Gasteiger partial charge in [0.05, 0.1) is 5.03 Å². The van der Waals surface area contributed by atoms with Crippen molar-refractivity contribution in [3.8, 4) is 5.75 Å². The second-order valence-corrected chi connectivity index (χ2v) is 5.77. The Balaban J connectivity index is 2.28. The molecule has 0 spiro atoms. The lowest BCUT2D eigenvalue weighted by atomic mass is 9.87. The molecule has 0 saturated heterocycles. The van der Waals surface area contributed by atoms with Crippen LogP contribution in [0, 0.1) is 0 Å². The second kappa shape index (κ2) is 6.47. The molecule has 1 aliphatic rings. The van der Waals surface area contributed by atoms with Crippen molar-refractivity contribution in [3.05, 3.63) is 35.9 Å². The van der Waals surface area contributed by atoms with E-state index in [1.54, 1.807) is 0 Å². The number of hydrogen-bond donors (Lipinski definition) is 0. The first-order chi connectivity index (χ1) is 9.21. The molecule has 2 rings (SSSR count). The molecule has 19 heavy (non-hydrogen) atoms. The molecule has 1 aromatic carbocycles.